The zero-order valence-electron chi connectivity index (χ0n) is 12.8. The first-order chi connectivity index (χ1) is 11.2. The molecular weight excluding hydrogens is 292 g/mol. The fourth-order valence-electron chi connectivity index (χ4n) is 3.17. The number of Topliss-reactive ketones (excluding diaryl/α,β-unsaturated/α-hetero) is 1. The number of aliphatic hydroxyl groups is 1. The van der Waals surface area contributed by atoms with Crippen LogP contribution >= 0.6 is 0 Å². The minimum Gasteiger partial charge on any atom is -0.390 e. The zero-order valence-corrected chi connectivity index (χ0v) is 12.8. The molecule has 2 aromatic rings. The molecule has 0 radical (unpaired) electrons. The van der Waals surface area contributed by atoms with E-state index in [-0.39, 0.29) is 12.4 Å². The van der Waals surface area contributed by atoms with E-state index in [0.29, 0.717) is 17.8 Å². The number of ketones is 1. The van der Waals surface area contributed by atoms with Gasteiger partial charge in [-0.1, -0.05) is 0 Å². The number of aromatic nitrogens is 3. The fourth-order valence-corrected chi connectivity index (χ4v) is 3.17. The van der Waals surface area contributed by atoms with Gasteiger partial charge in [-0.05, 0) is 42.2 Å². The van der Waals surface area contributed by atoms with Gasteiger partial charge in [-0.2, -0.15) is 5.10 Å². The van der Waals surface area contributed by atoms with Crippen molar-refractivity contribution in [2.45, 2.75) is 25.9 Å². The van der Waals surface area contributed by atoms with Crippen molar-refractivity contribution < 1.29 is 9.90 Å². The van der Waals surface area contributed by atoms with Gasteiger partial charge in [0, 0.05) is 31.9 Å². The third-order valence-electron chi connectivity index (χ3n) is 4.41. The second-order valence-electron chi connectivity index (χ2n) is 5.98. The number of carbonyl (C=O) groups is 1. The molecule has 0 bridgehead atoms. The molecule has 23 heavy (non-hydrogen) atoms. The van der Waals surface area contributed by atoms with Gasteiger partial charge in [-0.15, -0.1) is 0 Å². The Morgan fingerprint density at radius 1 is 1.22 bits per heavy atom. The number of hydrogen-bond acceptors (Lipinski definition) is 5. The third kappa shape index (κ3) is 2.55. The minimum atomic E-state index is -0.164. The van der Waals surface area contributed by atoms with E-state index in [1.165, 1.54) is 12.8 Å². The standard InChI is InChI=1S/C17H18N4O2/c22-11-14-8-15-16(23)7-13(10-21(15)19-14)12-3-4-17(18-9-12)20-5-1-2-6-20/h3-4,8-10,22H,1-2,5-7,11H2. The summed E-state index contributed by atoms with van der Waals surface area (Å²) in [6, 6.07) is 5.68. The van der Waals surface area contributed by atoms with Gasteiger partial charge < -0.3 is 10.0 Å². The summed E-state index contributed by atoms with van der Waals surface area (Å²) < 4.78 is 1.56. The lowest BCUT2D eigenvalue weighted by atomic mass is 9.99. The highest BCUT2D eigenvalue weighted by molar-refractivity contribution is 6.06. The van der Waals surface area contributed by atoms with E-state index in [2.05, 4.69) is 15.0 Å². The van der Waals surface area contributed by atoms with E-state index in [1.807, 2.05) is 24.5 Å². The molecule has 118 valence electrons. The summed E-state index contributed by atoms with van der Waals surface area (Å²) >= 11 is 0. The largest absolute Gasteiger partial charge is 0.390 e. The Morgan fingerprint density at radius 3 is 2.74 bits per heavy atom. The molecule has 0 amide bonds. The van der Waals surface area contributed by atoms with Crippen LogP contribution in [0.2, 0.25) is 0 Å². The van der Waals surface area contributed by atoms with Crippen molar-refractivity contribution in [2.24, 2.45) is 0 Å². The number of allylic oxidation sites excluding steroid dienone is 1. The molecule has 0 unspecified atom stereocenters. The van der Waals surface area contributed by atoms with Crippen LogP contribution in [0, 0.1) is 0 Å². The molecule has 4 rings (SSSR count). The maximum atomic E-state index is 12.3. The van der Waals surface area contributed by atoms with Crippen LogP contribution in [0.25, 0.3) is 11.8 Å². The molecule has 6 heteroatoms. The smallest absolute Gasteiger partial charge is 0.185 e. The number of anilines is 1. The van der Waals surface area contributed by atoms with Gasteiger partial charge in [-0.3, -0.25) is 4.79 Å². The Hall–Kier alpha value is -2.47. The van der Waals surface area contributed by atoms with Crippen molar-refractivity contribution in [3.05, 3.63) is 41.3 Å². The molecule has 2 aromatic heterocycles. The van der Waals surface area contributed by atoms with Gasteiger partial charge in [0.25, 0.3) is 0 Å². The number of carbonyl (C=O) groups excluding carboxylic acids is 1. The second kappa shape index (κ2) is 5.62. The highest BCUT2D eigenvalue weighted by Crippen LogP contribution is 2.27. The monoisotopic (exact) mass is 310 g/mol. The number of hydrogen-bond donors (Lipinski definition) is 1. The van der Waals surface area contributed by atoms with E-state index in [9.17, 15) is 4.79 Å². The van der Waals surface area contributed by atoms with Crippen molar-refractivity contribution in [3.63, 3.8) is 0 Å². The summed E-state index contributed by atoms with van der Waals surface area (Å²) in [5.74, 6) is 1.01. The highest BCUT2D eigenvalue weighted by atomic mass is 16.3. The molecule has 2 aliphatic rings. The average Bonchev–Trinajstić information content (AvgIpc) is 3.24. The number of nitrogens with zero attached hydrogens (tertiary/aromatic N) is 4. The topological polar surface area (TPSA) is 71.2 Å². The number of pyridine rings is 1. The lowest BCUT2D eigenvalue weighted by Gasteiger charge is -2.17. The molecule has 0 spiro atoms. The molecule has 1 fully saturated rings. The molecule has 0 saturated carbocycles. The van der Waals surface area contributed by atoms with E-state index in [0.717, 1.165) is 30.0 Å². The van der Waals surface area contributed by atoms with Crippen molar-refractivity contribution >= 4 is 23.4 Å². The molecule has 0 atom stereocenters. The first kappa shape index (κ1) is 14.1. The molecule has 1 saturated heterocycles. The molecule has 0 aliphatic carbocycles. The Morgan fingerprint density at radius 2 is 2.04 bits per heavy atom. The molecule has 0 aromatic carbocycles. The van der Waals surface area contributed by atoms with Crippen molar-refractivity contribution in [1.29, 1.82) is 0 Å². The predicted molar refractivity (Wildman–Crippen MR) is 86.9 cm³/mol. The maximum absolute atomic E-state index is 12.3. The SMILES string of the molecule is O=C1CC(c2ccc(N3CCCC3)nc2)=Cn2nc(CO)cc21. The van der Waals surface area contributed by atoms with Gasteiger partial charge in [0.1, 0.15) is 11.5 Å². The van der Waals surface area contributed by atoms with Gasteiger partial charge in [0.2, 0.25) is 0 Å². The molecule has 4 heterocycles. The van der Waals surface area contributed by atoms with Gasteiger partial charge in [-0.25, -0.2) is 9.67 Å². The van der Waals surface area contributed by atoms with Crippen LogP contribution < -0.4 is 4.90 Å². The number of fused-ring (bicyclic) bond motifs is 1. The Kier molecular flexibility index (Phi) is 3.46. The normalized spacial score (nSPS) is 17.3. The first-order valence-electron chi connectivity index (χ1n) is 7.89. The summed E-state index contributed by atoms with van der Waals surface area (Å²) in [6.07, 6.45) is 6.45. The van der Waals surface area contributed by atoms with E-state index in [4.69, 9.17) is 5.11 Å². The molecular formula is C17H18N4O2. The maximum Gasteiger partial charge on any atom is 0.185 e. The average molecular weight is 310 g/mol. The van der Waals surface area contributed by atoms with E-state index >= 15 is 0 Å². The van der Waals surface area contributed by atoms with E-state index < -0.39 is 0 Å². The van der Waals surface area contributed by atoms with Crippen LogP contribution in [0.1, 0.15) is 41.0 Å². The lowest BCUT2D eigenvalue weighted by molar-refractivity contribution is 0.0989. The summed E-state index contributed by atoms with van der Waals surface area (Å²) in [6.45, 7) is 1.96. The van der Waals surface area contributed by atoms with Crippen LogP contribution in [0.5, 0.6) is 0 Å². The van der Waals surface area contributed by atoms with Gasteiger partial charge in [0.15, 0.2) is 5.78 Å². The third-order valence-corrected chi connectivity index (χ3v) is 4.41. The Bertz CT molecular complexity index is 770. The summed E-state index contributed by atoms with van der Waals surface area (Å²) in [4.78, 5) is 19.1. The lowest BCUT2D eigenvalue weighted by Crippen LogP contribution is -2.19. The van der Waals surface area contributed by atoms with Crippen molar-refractivity contribution in [2.75, 3.05) is 18.0 Å². The fraction of sp³-hybridized carbons (Fsp3) is 0.353. The van der Waals surface area contributed by atoms with Crippen molar-refractivity contribution in [3.8, 4) is 0 Å². The van der Waals surface area contributed by atoms with Gasteiger partial charge in [0.05, 0.1) is 12.3 Å². The minimum absolute atomic E-state index is 0.0123. The van der Waals surface area contributed by atoms with Crippen LogP contribution in [-0.2, 0) is 6.61 Å². The summed E-state index contributed by atoms with van der Waals surface area (Å²) in [7, 11) is 0. The first-order valence-corrected chi connectivity index (χ1v) is 7.89. The van der Waals surface area contributed by atoms with E-state index in [1.54, 1.807) is 10.7 Å². The Balaban J connectivity index is 1.63. The summed E-state index contributed by atoms with van der Waals surface area (Å²) in [5.41, 5.74) is 2.87. The molecule has 2 aliphatic heterocycles. The highest BCUT2D eigenvalue weighted by Gasteiger charge is 2.22. The van der Waals surface area contributed by atoms with Crippen LogP contribution in [-0.4, -0.2) is 38.7 Å². The van der Waals surface area contributed by atoms with Crippen LogP contribution in [0.3, 0.4) is 0 Å². The Labute approximate surface area is 134 Å². The van der Waals surface area contributed by atoms with Gasteiger partial charge >= 0.3 is 0 Å². The molecule has 1 N–H and O–H groups in total. The van der Waals surface area contributed by atoms with Crippen molar-refractivity contribution in [1.82, 2.24) is 14.8 Å². The van der Waals surface area contributed by atoms with Crippen LogP contribution in [0.15, 0.2) is 24.4 Å². The summed E-state index contributed by atoms with van der Waals surface area (Å²) in [5, 5.41) is 13.4. The van der Waals surface area contributed by atoms with Crippen LogP contribution in [0.4, 0.5) is 5.82 Å². The number of aliphatic hydroxyl groups excluding tert-OH is 1. The second-order valence-corrected chi connectivity index (χ2v) is 5.98. The molecule has 6 nitrogen and oxygen atoms in total. The number of rotatable bonds is 3. The predicted octanol–water partition coefficient (Wildman–Crippen LogP) is 1.96. The quantitative estimate of drug-likeness (QED) is 0.938. The zero-order chi connectivity index (χ0) is 15.8.